The molecule has 0 aliphatic carbocycles. The van der Waals surface area contributed by atoms with Crippen LogP contribution in [0.5, 0.6) is 0 Å². The van der Waals surface area contributed by atoms with E-state index in [1.807, 2.05) is 0 Å². The predicted molar refractivity (Wildman–Crippen MR) is 284 cm³/mol. The molecular weight excluding hydrogens is 909 g/mol. The fourth-order valence-electron chi connectivity index (χ4n) is 8.25. The summed E-state index contributed by atoms with van der Waals surface area (Å²) in [5, 5.41) is 31.0. The Kier molecular flexibility index (Phi) is 43.1. The Labute approximate surface area is 426 Å². The lowest BCUT2D eigenvalue weighted by molar-refractivity contribution is -0.297. The minimum atomic E-state index is -4.62. The molecule has 0 saturated carbocycles. The first-order valence-corrected chi connectivity index (χ1v) is 29.5. The van der Waals surface area contributed by atoms with E-state index in [0.29, 0.717) is 12.8 Å². The molecule has 6 atom stereocenters. The summed E-state index contributed by atoms with van der Waals surface area (Å²) < 4.78 is 54.3. The standard InChI is InChI=1S/C57H100O12S/c1-3-5-7-9-11-13-15-17-19-21-23-24-25-26-28-29-31-33-35-37-39-41-43-45-52(58)66-47-50(48-67-57-56(62)55(61)54(60)51(69-57)49-70(63,64)65)68-53(59)46-44-42-40-38-36-34-32-30-27-22-20-18-16-14-12-10-8-6-4-2/h12,14,18,20,27,30,34,36-37,39,50-51,54-57,60-62H,3-11,13,15-17,19,21-26,28-29,31-33,35,38,40-49H2,1-2H3,(H,63,64,65)/b14-12+,20-18+,30-27+,36-34+,39-37+/t50-,51-,54-,55?,56?,57+/m1/s1. The Morgan fingerprint density at radius 3 is 1.36 bits per heavy atom. The molecule has 70 heavy (non-hydrogen) atoms. The number of hydrogen-bond donors (Lipinski definition) is 4. The smallest absolute Gasteiger partial charge is 0.306 e. The number of aliphatic hydroxyl groups is 3. The van der Waals surface area contributed by atoms with Crippen molar-refractivity contribution in [2.45, 2.75) is 269 Å². The maximum Gasteiger partial charge on any atom is 0.306 e. The molecule has 1 rings (SSSR count). The summed E-state index contributed by atoms with van der Waals surface area (Å²) in [6.45, 7) is 3.72. The lowest BCUT2D eigenvalue weighted by Crippen LogP contribution is -2.60. The average molecular weight is 1010 g/mol. The van der Waals surface area contributed by atoms with Gasteiger partial charge in [-0.2, -0.15) is 8.42 Å². The molecule has 1 heterocycles. The first-order chi connectivity index (χ1) is 34.0. The van der Waals surface area contributed by atoms with Crippen LogP contribution in [-0.2, 0) is 38.7 Å². The van der Waals surface area contributed by atoms with Gasteiger partial charge in [0.05, 0.1) is 6.61 Å². The third-order valence-corrected chi connectivity index (χ3v) is 13.3. The van der Waals surface area contributed by atoms with Crippen molar-refractivity contribution >= 4 is 22.1 Å². The molecule has 0 radical (unpaired) electrons. The number of hydrogen-bond acceptors (Lipinski definition) is 11. The van der Waals surface area contributed by atoms with Crippen molar-refractivity contribution < 1.29 is 56.8 Å². The van der Waals surface area contributed by atoms with Crippen LogP contribution in [-0.4, -0.2) is 96.0 Å². The second-order valence-corrected chi connectivity index (χ2v) is 20.7. The van der Waals surface area contributed by atoms with Crippen LogP contribution in [0.2, 0.25) is 0 Å². The fraction of sp³-hybridized carbons (Fsp3) is 0.789. The monoisotopic (exact) mass is 1010 g/mol. The van der Waals surface area contributed by atoms with Gasteiger partial charge in [0, 0.05) is 12.8 Å². The van der Waals surface area contributed by atoms with E-state index in [9.17, 15) is 37.9 Å². The third kappa shape index (κ3) is 39.9. The molecule has 1 fully saturated rings. The van der Waals surface area contributed by atoms with E-state index < -0.39 is 71.2 Å². The number of unbranched alkanes of at least 4 members (excludes halogenated alkanes) is 25. The zero-order valence-electron chi connectivity index (χ0n) is 43.9. The zero-order valence-corrected chi connectivity index (χ0v) is 44.7. The summed E-state index contributed by atoms with van der Waals surface area (Å²) in [7, 11) is -4.62. The third-order valence-electron chi connectivity index (χ3n) is 12.6. The molecule has 0 bridgehead atoms. The highest BCUT2D eigenvalue weighted by Crippen LogP contribution is 2.24. The molecule has 0 aromatic heterocycles. The molecule has 1 saturated heterocycles. The number of ether oxygens (including phenoxy) is 4. The van der Waals surface area contributed by atoms with Crippen molar-refractivity contribution in [3.8, 4) is 0 Å². The van der Waals surface area contributed by atoms with Crippen molar-refractivity contribution in [3.63, 3.8) is 0 Å². The van der Waals surface area contributed by atoms with Crippen LogP contribution in [0.15, 0.2) is 60.8 Å². The number of esters is 2. The average Bonchev–Trinajstić information content (AvgIpc) is 3.33. The Hall–Kier alpha value is -2.65. The molecular formula is C57H100O12S. The Morgan fingerprint density at radius 1 is 0.486 bits per heavy atom. The molecule has 12 nitrogen and oxygen atoms in total. The van der Waals surface area contributed by atoms with E-state index in [4.69, 9.17) is 18.9 Å². The predicted octanol–water partition coefficient (Wildman–Crippen LogP) is 13.2. The molecule has 2 unspecified atom stereocenters. The molecule has 0 aromatic carbocycles. The summed E-state index contributed by atoms with van der Waals surface area (Å²) in [5.41, 5.74) is 0. The van der Waals surface area contributed by atoms with E-state index in [2.05, 4.69) is 74.6 Å². The summed E-state index contributed by atoms with van der Waals surface area (Å²) in [6.07, 6.45) is 49.9. The minimum Gasteiger partial charge on any atom is -0.462 e. The van der Waals surface area contributed by atoms with Gasteiger partial charge in [0.15, 0.2) is 12.4 Å². The number of aliphatic hydroxyl groups excluding tert-OH is 3. The van der Waals surface area contributed by atoms with E-state index in [1.165, 1.54) is 128 Å². The molecule has 1 aliphatic rings. The van der Waals surface area contributed by atoms with Gasteiger partial charge in [-0.1, -0.05) is 203 Å². The fourth-order valence-corrected chi connectivity index (χ4v) is 8.94. The van der Waals surface area contributed by atoms with Crippen molar-refractivity contribution in [3.05, 3.63) is 60.8 Å². The molecule has 4 N–H and O–H groups in total. The van der Waals surface area contributed by atoms with Crippen molar-refractivity contribution in [1.82, 2.24) is 0 Å². The maximum atomic E-state index is 12.9. The molecule has 1 aliphatic heterocycles. The second kappa shape index (κ2) is 46.2. The van der Waals surface area contributed by atoms with Crippen LogP contribution in [0.3, 0.4) is 0 Å². The second-order valence-electron chi connectivity index (χ2n) is 19.2. The van der Waals surface area contributed by atoms with Gasteiger partial charge in [-0.05, 0) is 77.0 Å². The van der Waals surface area contributed by atoms with Crippen molar-refractivity contribution in [1.29, 1.82) is 0 Å². The minimum absolute atomic E-state index is 0.120. The van der Waals surface area contributed by atoms with Crippen molar-refractivity contribution in [2.24, 2.45) is 0 Å². The van der Waals surface area contributed by atoms with E-state index in [1.54, 1.807) is 0 Å². The van der Waals surface area contributed by atoms with Crippen LogP contribution in [0.4, 0.5) is 0 Å². The molecule has 406 valence electrons. The zero-order chi connectivity index (χ0) is 51.2. The van der Waals surface area contributed by atoms with Gasteiger partial charge in [-0.15, -0.1) is 0 Å². The van der Waals surface area contributed by atoms with E-state index >= 15 is 0 Å². The first kappa shape index (κ1) is 65.4. The van der Waals surface area contributed by atoms with Gasteiger partial charge in [-0.25, -0.2) is 0 Å². The van der Waals surface area contributed by atoms with Crippen molar-refractivity contribution in [2.75, 3.05) is 19.0 Å². The largest absolute Gasteiger partial charge is 0.462 e. The number of allylic oxidation sites excluding steroid dienone is 10. The van der Waals surface area contributed by atoms with E-state index in [-0.39, 0.29) is 19.4 Å². The Morgan fingerprint density at radius 2 is 0.871 bits per heavy atom. The summed E-state index contributed by atoms with van der Waals surface area (Å²) in [4.78, 5) is 25.6. The van der Waals surface area contributed by atoms with Gasteiger partial charge < -0.3 is 34.3 Å². The highest BCUT2D eigenvalue weighted by Gasteiger charge is 2.46. The molecule has 0 amide bonds. The topological polar surface area (TPSA) is 186 Å². The van der Waals surface area contributed by atoms with Crippen LogP contribution >= 0.6 is 0 Å². The van der Waals surface area contributed by atoms with Gasteiger partial charge in [0.1, 0.15) is 36.8 Å². The van der Waals surface area contributed by atoms with Crippen LogP contribution in [0.25, 0.3) is 0 Å². The normalized spacial score (nSPS) is 19.4. The van der Waals surface area contributed by atoms with Gasteiger partial charge in [0.2, 0.25) is 0 Å². The summed E-state index contributed by atoms with van der Waals surface area (Å²) in [5.74, 6) is -2.06. The van der Waals surface area contributed by atoms with Crippen LogP contribution in [0, 0.1) is 0 Å². The Balaban J connectivity index is 2.37. The summed E-state index contributed by atoms with van der Waals surface area (Å²) >= 11 is 0. The van der Waals surface area contributed by atoms with Gasteiger partial charge in [-0.3, -0.25) is 14.1 Å². The molecule has 0 spiro atoms. The molecule has 13 heteroatoms. The number of carbonyl (C=O) groups excluding carboxylic acids is 2. The lowest BCUT2D eigenvalue weighted by Gasteiger charge is -2.40. The van der Waals surface area contributed by atoms with Gasteiger partial charge in [0.25, 0.3) is 10.1 Å². The molecule has 0 aromatic rings. The van der Waals surface area contributed by atoms with Crippen LogP contribution in [0.1, 0.15) is 232 Å². The lowest BCUT2D eigenvalue weighted by atomic mass is 10.00. The summed E-state index contributed by atoms with van der Waals surface area (Å²) in [6, 6.07) is 0. The van der Waals surface area contributed by atoms with Gasteiger partial charge >= 0.3 is 11.9 Å². The number of carbonyl (C=O) groups is 2. The number of rotatable bonds is 47. The quantitative estimate of drug-likeness (QED) is 0.0196. The highest BCUT2D eigenvalue weighted by atomic mass is 32.2. The first-order valence-electron chi connectivity index (χ1n) is 27.8. The van der Waals surface area contributed by atoms with E-state index in [0.717, 1.165) is 64.2 Å². The SMILES string of the molecule is CCCCC/C=C/C/C=C/C/C=C/C/C=C/CCCCCC(=O)O[C@H](COC(=O)CCC/C=C/CCCCCCCCCCCCCCCCCCCC)CO[C@H]1O[C@H](CS(=O)(=O)O)[C@@H](O)C(O)C1O. The maximum absolute atomic E-state index is 12.9. The Bertz CT molecular complexity index is 1510. The highest BCUT2D eigenvalue weighted by molar-refractivity contribution is 7.85. The van der Waals surface area contributed by atoms with Crippen LogP contribution < -0.4 is 0 Å².